The average molecular weight is 283 g/mol. The number of aryl methyl sites for hydroxylation is 1. The number of nitrogens with zero attached hydrogens (tertiary/aromatic N) is 5. The molecule has 5 nitrogen and oxygen atoms in total. The van der Waals surface area contributed by atoms with Crippen molar-refractivity contribution in [3.05, 3.63) is 36.0 Å². The van der Waals surface area contributed by atoms with Crippen LogP contribution >= 0.6 is 0 Å². The van der Waals surface area contributed by atoms with E-state index in [1.807, 2.05) is 18.5 Å². The molecule has 0 N–H and O–H groups in total. The molecule has 5 heteroatoms. The highest BCUT2D eigenvalue weighted by Crippen LogP contribution is 2.35. The van der Waals surface area contributed by atoms with E-state index in [2.05, 4.69) is 32.8 Å². The topological polar surface area (TPSA) is 46.8 Å². The molecular weight excluding hydrogens is 262 g/mol. The first kappa shape index (κ1) is 12.8. The van der Waals surface area contributed by atoms with Gasteiger partial charge in [-0.15, -0.1) is 0 Å². The molecule has 4 rings (SSSR count). The van der Waals surface area contributed by atoms with Crippen LogP contribution in [0.1, 0.15) is 49.0 Å². The van der Waals surface area contributed by atoms with Crippen LogP contribution in [0.15, 0.2) is 24.7 Å². The van der Waals surface area contributed by atoms with Crippen LogP contribution in [0, 0.1) is 6.92 Å². The Balaban J connectivity index is 1.50. The highest BCUT2D eigenvalue weighted by atomic mass is 15.3. The molecule has 2 fully saturated rings. The van der Waals surface area contributed by atoms with Gasteiger partial charge in [-0.1, -0.05) is 6.42 Å². The summed E-state index contributed by atoms with van der Waals surface area (Å²) in [7, 11) is 0. The second-order valence-electron chi connectivity index (χ2n) is 6.29. The molecule has 1 aliphatic carbocycles. The van der Waals surface area contributed by atoms with Gasteiger partial charge in [0.1, 0.15) is 11.6 Å². The van der Waals surface area contributed by atoms with Crippen LogP contribution in [0.3, 0.4) is 0 Å². The Morgan fingerprint density at radius 3 is 2.86 bits per heavy atom. The predicted octanol–water partition coefficient (Wildman–Crippen LogP) is 2.70. The van der Waals surface area contributed by atoms with Crippen molar-refractivity contribution in [1.82, 2.24) is 19.7 Å². The van der Waals surface area contributed by atoms with Crippen LogP contribution in [0.4, 0.5) is 5.82 Å². The molecule has 1 aliphatic heterocycles. The van der Waals surface area contributed by atoms with Crippen molar-refractivity contribution in [3.63, 3.8) is 0 Å². The van der Waals surface area contributed by atoms with Crippen molar-refractivity contribution in [2.75, 3.05) is 18.0 Å². The number of anilines is 1. The zero-order valence-corrected chi connectivity index (χ0v) is 12.4. The fraction of sp³-hybridized carbons (Fsp3) is 0.562. The van der Waals surface area contributed by atoms with Gasteiger partial charge >= 0.3 is 0 Å². The molecule has 21 heavy (non-hydrogen) atoms. The summed E-state index contributed by atoms with van der Waals surface area (Å²) in [4.78, 5) is 11.6. The number of hydrogen-bond donors (Lipinski definition) is 0. The molecule has 110 valence electrons. The lowest BCUT2D eigenvalue weighted by molar-refractivity contribution is 0.401. The quantitative estimate of drug-likeness (QED) is 0.869. The molecule has 2 aromatic heterocycles. The van der Waals surface area contributed by atoms with Crippen molar-refractivity contribution < 1.29 is 0 Å². The van der Waals surface area contributed by atoms with Gasteiger partial charge in [-0.05, 0) is 37.8 Å². The molecule has 1 atom stereocenters. The van der Waals surface area contributed by atoms with E-state index in [0.29, 0.717) is 12.0 Å². The highest BCUT2D eigenvalue weighted by molar-refractivity contribution is 5.39. The monoisotopic (exact) mass is 283 g/mol. The zero-order valence-electron chi connectivity index (χ0n) is 12.4. The Labute approximate surface area is 125 Å². The van der Waals surface area contributed by atoms with E-state index < -0.39 is 0 Å². The second kappa shape index (κ2) is 5.13. The van der Waals surface area contributed by atoms with Crippen molar-refractivity contribution in [2.45, 2.75) is 44.6 Å². The Hall–Kier alpha value is -1.91. The molecule has 1 saturated heterocycles. The Bertz CT molecular complexity index is 631. The van der Waals surface area contributed by atoms with Crippen LogP contribution in [-0.2, 0) is 0 Å². The van der Waals surface area contributed by atoms with E-state index in [1.54, 1.807) is 0 Å². The fourth-order valence-electron chi connectivity index (χ4n) is 3.20. The maximum Gasteiger partial charge on any atom is 0.133 e. The largest absolute Gasteiger partial charge is 0.354 e. The van der Waals surface area contributed by atoms with Crippen LogP contribution in [0.2, 0.25) is 0 Å². The number of rotatable bonds is 3. The SMILES string of the molecule is Cc1cnn(C2CCN(c3ccnc(C4CCC4)n3)C2)c1. The first-order valence-electron chi connectivity index (χ1n) is 7.88. The summed E-state index contributed by atoms with van der Waals surface area (Å²) in [6, 6.07) is 2.50. The van der Waals surface area contributed by atoms with E-state index in [-0.39, 0.29) is 0 Å². The van der Waals surface area contributed by atoms with Gasteiger partial charge in [-0.3, -0.25) is 4.68 Å². The van der Waals surface area contributed by atoms with Crippen molar-refractivity contribution >= 4 is 5.82 Å². The lowest BCUT2D eigenvalue weighted by Gasteiger charge is -2.25. The first-order valence-corrected chi connectivity index (χ1v) is 7.88. The summed E-state index contributed by atoms with van der Waals surface area (Å²) in [6.45, 7) is 4.12. The molecule has 2 aromatic rings. The van der Waals surface area contributed by atoms with Gasteiger partial charge in [0.2, 0.25) is 0 Å². The molecule has 1 unspecified atom stereocenters. The molecule has 0 amide bonds. The normalized spacial score (nSPS) is 22.5. The lowest BCUT2D eigenvalue weighted by atomic mass is 9.85. The molecular formula is C16H21N5. The third-order valence-electron chi connectivity index (χ3n) is 4.72. The minimum absolute atomic E-state index is 0.459. The van der Waals surface area contributed by atoms with Crippen molar-refractivity contribution in [1.29, 1.82) is 0 Å². The van der Waals surface area contributed by atoms with Gasteiger partial charge in [0, 0.05) is 31.4 Å². The second-order valence-corrected chi connectivity index (χ2v) is 6.29. The molecule has 0 bridgehead atoms. The molecule has 2 aliphatic rings. The molecule has 0 radical (unpaired) electrons. The fourth-order valence-corrected chi connectivity index (χ4v) is 3.20. The summed E-state index contributed by atoms with van der Waals surface area (Å²) in [5.74, 6) is 2.72. The summed E-state index contributed by atoms with van der Waals surface area (Å²) in [5, 5.41) is 4.45. The first-order chi connectivity index (χ1) is 10.3. The van der Waals surface area contributed by atoms with Crippen LogP contribution < -0.4 is 4.90 Å². The molecule has 0 aromatic carbocycles. The van der Waals surface area contributed by atoms with Crippen molar-refractivity contribution in [2.24, 2.45) is 0 Å². The smallest absolute Gasteiger partial charge is 0.133 e. The lowest BCUT2D eigenvalue weighted by Crippen LogP contribution is -2.23. The number of aromatic nitrogens is 4. The summed E-state index contributed by atoms with van der Waals surface area (Å²) in [5.41, 5.74) is 1.22. The average Bonchev–Trinajstić information content (AvgIpc) is 3.05. The summed E-state index contributed by atoms with van der Waals surface area (Å²) in [6.07, 6.45) is 10.9. The number of hydrogen-bond acceptors (Lipinski definition) is 4. The maximum absolute atomic E-state index is 4.80. The highest BCUT2D eigenvalue weighted by Gasteiger charge is 2.27. The van der Waals surface area contributed by atoms with Gasteiger partial charge in [-0.25, -0.2) is 9.97 Å². The van der Waals surface area contributed by atoms with Gasteiger partial charge in [-0.2, -0.15) is 5.10 Å². The Morgan fingerprint density at radius 1 is 1.24 bits per heavy atom. The van der Waals surface area contributed by atoms with E-state index in [9.17, 15) is 0 Å². The molecule has 0 spiro atoms. The maximum atomic E-state index is 4.80. The van der Waals surface area contributed by atoms with Gasteiger partial charge in [0.15, 0.2) is 0 Å². The van der Waals surface area contributed by atoms with E-state index in [0.717, 1.165) is 31.2 Å². The van der Waals surface area contributed by atoms with Crippen LogP contribution in [0.5, 0.6) is 0 Å². The minimum atomic E-state index is 0.459. The van der Waals surface area contributed by atoms with Gasteiger partial charge in [0.25, 0.3) is 0 Å². The molecule has 1 saturated carbocycles. The van der Waals surface area contributed by atoms with Crippen molar-refractivity contribution in [3.8, 4) is 0 Å². The third kappa shape index (κ3) is 2.41. The summed E-state index contributed by atoms with van der Waals surface area (Å²) >= 11 is 0. The zero-order chi connectivity index (χ0) is 14.2. The summed E-state index contributed by atoms with van der Waals surface area (Å²) < 4.78 is 2.10. The van der Waals surface area contributed by atoms with Gasteiger partial charge in [0.05, 0.1) is 12.2 Å². The standard InChI is InChI=1S/C16H21N5/c1-12-9-18-21(10-12)14-6-8-20(11-14)15-5-7-17-16(19-15)13-3-2-4-13/h5,7,9-10,13-14H,2-4,6,8,11H2,1H3. The predicted molar refractivity (Wildman–Crippen MR) is 81.5 cm³/mol. The third-order valence-corrected chi connectivity index (χ3v) is 4.72. The molecule has 3 heterocycles. The van der Waals surface area contributed by atoms with E-state index >= 15 is 0 Å². The van der Waals surface area contributed by atoms with Crippen LogP contribution in [0.25, 0.3) is 0 Å². The minimum Gasteiger partial charge on any atom is -0.354 e. The Kier molecular flexibility index (Phi) is 3.13. The Morgan fingerprint density at radius 2 is 2.14 bits per heavy atom. The van der Waals surface area contributed by atoms with E-state index in [4.69, 9.17) is 4.98 Å². The van der Waals surface area contributed by atoms with Gasteiger partial charge < -0.3 is 4.90 Å². The van der Waals surface area contributed by atoms with E-state index in [1.165, 1.54) is 24.8 Å². The van der Waals surface area contributed by atoms with Crippen LogP contribution in [-0.4, -0.2) is 32.8 Å².